The largest absolute Gasteiger partial charge is 0.469 e. The smallest absolute Gasteiger partial charge is 0.306 e. The Morgan fingerprint density at radius 1 is 0.611 bits per heavy atom. The molecule has 0 spiro atoms. The van der Waals surface area contributed by atoms with Crippen LogP contribution in [-0.4, -0.2) is 57.9 Å². The Bertz CT molecular complexity index is 1810. The first-order valence-corrected chi connectivity index (χ1v) is 19.0. The minimum absolute atomic E-state index is 0.0169. The summed E-state index contributed by atoms with van der Waals surface area (Å²) in [6, 6.07) is 16.5. The lowest BCUT2D eigenvalue weighted by atomic mass is 9.75. The van der Waals surface area contributed by atoms with Crippen molar-refractivity contribution in [1.82, 2.24) is 30.6 Å². The number of H-pyrrole nitrogens is 2. The number of methoxy groups -OCH3 is 2. The van der Waals surface area contributed by atoms with E-state index in [-0.39, 0.29) is 36.5 Å². The first kappa shape index (κ1) is 38.5. The fourth-order valence-corrected chi connectivity index (χ4v) is 7.45. The molecule has 2 atom stereocenters. The van der Waals surface area contributed by atoms with Crippen LogP contribution in [0.2, 0.25) is 0 Å². The number of nitrogens with zero attached hydrogens (tertiary/aromatic N) is 2. The summed E-state index contributed by atoms with van der Waals surface area (Å²) in [6.07, 6.45) is 8.76. The van der Waals surface area contributed by atoms with Gasteiger partial charge in [0, 0.05) is 0 Å². The number of aromatic nitrogens is 4. The zero-order chi connectivity index (χ0) is 38.6. The van der Waals surface area contributed by atoms with Gasteiger partial charge in [0.25, 0.3) is 0 Å². The molecule has 2 aromatic carbocycles. The van der Waals surface area contributed by atoms with Crippen LogP contribution in [0.25, 0.3) is 33.6 Å². The van der Waals surface area contributed by atoms with Crippen LogP contribution in [0.3, 0.4) is 0 Å². The lowest BCUT2D eigenvalue weighted by molar-refractivity contribution is -0.146. The molecule has 2 aliphatic rings. The third-order valence-corrected chi connectivity index (χ3v) is 11.4. The van der Waals surface area contributed by atoms with Crippen LogP contribution in [0, 0.1) is 23.7 Å². The highest BCUT2D eigenvalue weighted by Crippen LogP contribution is 2.42. The first-order chi connectivity index (χ1) is 25.9. The predicted octanol–water partition coefficient (Wildman–Crippen LogP) is 6.80. The van der Waals surface area contributed by atoms with Gasteiger partial charge in [-0.3, -0.25) is 19.2 Å². The molecule has 0 unspecified atom stereocenters. The Morgan fingerprint density at radius 3 is 1.22 bits per heavy atom. The summed E-state index contributed by atoms with van der Waals surface area (Å²) < 4.78 is 9.67. The number of ether oxygens (including phenoxy) is 2. The molecule has 2 aromatic heterocycles. The lowest BCUT2D eigenvalue weighted by Gasteiger charge is -2.42. The van der Waals surface area contributed by atoms with Crippen molar-refractivity contribution in [3.63, 3.8) is 0 Å². The van der Waals surface area contributed by atoms with Crippen LogP contribution in [0.5, 0.6) is 0 Å². The molecular formula is C42H52N6O6. The zero-order valence-corrected chi connectivity index (χ0v) is 32.1. The van der Waals surface area contributed by atoms with E-state index in [1.807, 2.05) is 40.1 Å². The van der Waals surface area contributed by atoms with Gasteiger partial charge in [0.05, 0.1) is 73.8 Å². The maximum absolute atomic E-state index is 13.3. The van der Waals surface area contributed by atoms with Crippen molar-refractivity contribution in [2.45, 2.75) is 90.1 Å². The molecule has 2 heterocycles. The molecule has 0 bridgehead atoms. The van der Waals surface area contributed by atoms with E-state index in [0.29, 0.717) is 0 Å². The predicted molar refractivity (Wildman–Crippen MR) is 204 cm³/mol. The molecule has 0 saturated heterocycles. The van der Waals surface area contributed by atoms with Gasteiger partial charge in [-0.25, -0.2) is 9.97 Å². The van der Waals surface area contributed by atoms with E-state index in [4.69, 9.17) is 19.4 Å². The molecule has 4 N–H and O–H groups in total. The first-order valence-electron chi connectivity index (χ1n) is 19.0. The lowest BCUT2D eigenvalue weighted by Crippen LogP contribution is -2.54. The van der Waals surface area contributed by atoms with Crippen molar-refractivity contribution in [2.75, 3.05) is 14.2 Å². The summed E-state index contributed by atoms with van der Waals surface area (Å²) in [7, 11) is 2.68. The highest BCUT2D eigenvalue weighted by atomic mass is 16.5. The zero-order valence-electron chi connectivity index (χ0n) is 32.1. The van der Waals surface area contributed by atoms with Crippen molar-refractivity contribution >= 4 is 23.8 Å². The van der Waals surface area contributed by atoms with Gasteiger partial charge in [0.2, 0.25) is 11.8 Å². The Balaban J connectivity index is 1.11. The van der Waals surface area contributed by atoms with E-state index < -0.39 is 34.9 Å². The molecule has 12 heteroatoms. The van der Waals surface area contributed by atoms with Crippen molar-refractivity contribution in [2.24, 2.45) is 23.7 Å². The number of benzene rings is 2. The van der Waals surface area contributed by atoms with E-state index in [9.17, 15) is 19.2 Å². The van der Waals surface area contributed by atoms with E-state index in [0.717, 1.165) is 83.8 Å². The summed E-state index contributed by atoms with van der Waals surface area (Å²) in [5, 5.41) is 6.46. The van der Waals surface area contributed by atoms with E-state index in [2.05, 4.69) is 69.1 Å². The maximum atomic E-state index is 13.3. The number of carbonyl (C=O) groups is 4. The number of nitrogens with one attached hydrogen (secondary N) is 4. The van der Waals surface area contributed by atoms with Gasteiger partial charge < -0.3 is 30.1 Å². The standard InChI is InChI=1S/C42H52N6O6/c1-25(2)31(21-35(49)53-5)37(51)47-41(17-7-18-41)39-43-23-33(45-39)29-13-9-27(10-14-29)28-11-15-30(16-12-28)34-24-44-40(46-34)42(19-8-20-42)48-38(52)32(26(3)4)22-36(50)54-6/h9-16,23-26,31-32H,7-8,17-22H2,1-6H3,(H,43,45)(H,44,46)(H,47,51)(H,48,52)/t31-,32-/m0/s1. The molecule has 0 aliphatic heterocycles. The van der Waals surface area contributed by atoms with Crippen LogP contribution >= 0.6 is 0 Å². The van der Waals surface area contributed by atoms with Gasteiger partial charge in [-0.1, -0.05) is 76.2 Å². The van der Waals surface area contributed by atoms with Gasteiger partial charge in [-0.15, -0.1) is 0 Å². The number of carbonyl (C=O) groups excluding carboxylic acids is 4. The van der Waals surface area contributed by atoms with Crippen molar-refractivity contribution in [3.8, 4) is 33.6 Å². The number of aromatic amines is 2. The Labute approximate surface area is 316 Å². The van der Waals surface area contributed by atoms with Crippen molar-refractivity contribution < 1.29 is 28.7 Å². The van der Waals surface area contributed by atoms with Gasteiger partial charge in [0.1, 0.15) is 11.6 Å². The molecule has 12 nitrogen and oxygen atoms in total. The highest BCUT2D eigenvalue weighted by Gasteiger charge is 2.45. The van der Waals surface area contributed by atoms with Gasteiger partial charge in [-0.05, 0) is 72.6 Å². The van der Waals surface area contributed by atoms with E-state index in [1.165, 1.54) is 14.2 Å². The van der Waals surface area contributed by atoms with Gasteiger partial charge >= 0.3 is 11.9 Å². The number of esters is 2. The monoisotopic (exact) mass is 736 g/mol. The minimum atomic E-state index is -0.579. The molecular weight excluding hydrogens is 684 g/mol. The van der Waals surface area contributed by atoms with Crippen LogP contribution in [-0.2, 0) is 39.7 Å². The van der Waals surface area contributed by atoms with E-state index >= 15 is 0 Å². The third-order valence-electron chi connectivity index (χ3n) is 11.4. The molecule has 4 aromatic rings. The number of rotatable bonds is 15. The Morgan fingerprint density at radius 2 is 0.944 bits per heavy atom. The quantitative estimate of drug-likeness (QED) is 0.0968. The third kappa shape index (κ3) is 7.97. The van der Waals surface area contributed by atoms with Crippen molar-refractivity contribution in [3.05, 3.63) is 72.6 Å². The summed E-state index contributed by atoms with van der Waals surface area (Å²) in [6.45, 7) is 7.75. The number of hydrogen-bond acceptors (Lipinski definition) is 8. The van der Waals surface area contributed by atoms with Crippen LogP contribution in [0.1, 0.15) is 90.7 Å². The highest BCUT2D eigenvalue weighted by molar-refractivity contribution is 5.85. The molecule has 2 aliphatic carbocycles. The second-order valence-electron chi connectivity index (χ2n) is 15.6. The molecule has 54 heavy (non-hydrogen) atoms. The van der Waals surface area contributed by atoms with Crippen LogP contribution < -0.4 is 10.6 Å². The molecule has 286 valence electrons. The van der Waals surface area contributed by atoms with E-state index in [1.54, 1.807) is 0 Å². The normalized spacial score (nSPS) is 16.8. The Hall–Kier alpha value is -5.26. The average molecular weight is 737 g/mol. The van der Waals surface area contributed by atoms with Crippen LogP contribution in [0.15, 0.2) is 60.9 Å². The number of hydrogen-bond donors (Lipinski definition) is 4. The van der Waals surface area contributed by atoms with Gasteiger partial charge in [0.15, 0.2) is 0 Å². The molecule has 2 saturated carbocycles. The van der Waals surface area contributed by atoms with Crippen molar-refractivity contribution in [1.29, 1.82) is 0 Å². The number of imidazole rings is 2. The molecule has 2 amide bonds. The average Bonchev–Trinajstić information content (AvgIpc) is 3.84. The summed E-state index contributed by atoms with van der Waals surface area (Å²) in [4.78, 5) is 67.0. The molecule has 6 rings (SSSR count). The number of amides is 2. The SMILES string of the molecule is COC(=O)C[C@H](C(=O)NC1(c2ncc(-c3ccc(-c4ccc(-c5cnc(C6(NC(=O)[C@@H](CC(=O)OC)C(C)C)CCC6)[nH]5)cc4)cc3)[nH]2)CCC1)C(C)C. The second kappa shape index (κ2) is 16.0. The fraction of sp³-hybridized carbons (Fsp3) is 0.476. The van der Waals surface area contributed by atoms with Gasteiger partial charge in [-0.2, -0.15) is 0 Å². The molecule has 2 fully saturated rings. The summed E-state index contributed by atoms with van der Waals surface area (Å²) in [5.41, 5.74) is 4.65. The molecule has 0 radical (unpaired) electrons. The summed E-state index contributed by atoms with van der Waals surface area (Å²) in [5.74, 6) is -0.646. The fourth-order valence-electron chi connectivity index (χ4n) is 7.45. The van der Waals surface area contributed by atoms with Crippen LogP contribution in [0.4, 0.5) is 0 Å². The summed E-state index contributed by atoms with van der Waals surface area (Å²) >= 11 is 0. The minimum Gasteiger partial charge on any atom is -0.469 e. The topological polar surface area (TPSA) is 168 Å². The second-order valence-corrected chi connectivity index (χ2v) is 15.6. The maximum Gasteiger partial charge on any atom is 0.306 e. The Kier molecular flexibility index (Phi) is 11.4.